The van der Waals surface area contributed by atoms with Gasteiger partial charge in [0.1, 0.15) is 0 Å². The van der Waals surface area contributed by atoms with Gasteiger partial charge in [0, 0.05) is 0 Å². The number of aliphatic hydroxyl groups excluding tert-OH is 1. The van der Waals surface area contributed by atoms with Crippen LogP contribution >= 0.6 is 0 Å². The van der Waals surface area contributed by atoms with Crippen molar-refractivity contribution < 1.29 is 5.11 Å². The average molecular weight is 141 g/mol. The third kappa shape index (κ3) is 0.789. The van der Waals surface area contributed by atoms with E-state index in [1.54, 1.807) is 0 Å². The molecule has 0 spiro atoms. The van der Waals surface area contributed by atoms with Crippen LogP contribution in [0.25, 0.3) is 0 Å². The molecule has 2 aliphatic rings. The second kappa shape index (κ2) is 2.21. The van der Waals surface area contributed by atoms with Crippen LogP contribution in [0, 0.1) is 17.8 Å². The Hall–Kier alpha value is -0.0800. The molecule has 2 aliphatic carbocycles. The van der Waals surface area contributed by atoms with Gasteiger partial charge in [0.15, 0.2) is 0 Å². The zero-order valence-corrected chi connectivity index (χ0v) is 6.16. The van der Waals surface area contributed by atoms with Crippen molar-refractivity contribution in [1.29, 1.82) is 0 Å². The third-order valence-electron chi connectivity index (χ3n) is 3.22. The smallest absolute Gasteiger partial charge is 0.0573 e. The van der Waals surface area contributed by atoms with Gasteiger partial charge in [0.05, 0.1) is 6.10 Å². The van der Waals surface area contributed by atoms with Gasteiger partial charge in [0.2, 0.25) is 0 Å². The minimum Gasteiger partial charge on any atom is -0.393 e. The average Bonchev–Trinajstić information content (AvgIpc) is 2.26. The Morgan fingerprint density at radius 1 is 1.30 bits per heavy atom. The Morgan fingerprint density at radius 2 is 2.10 bits per heavy atom. The summed E-state index contributed by atoms with van der Waals surface area (Å²) in [5.74, 6) is 2.16. The molecule has 3 N–H and O–H groups in total. The molecule has 2 heteroatoms. The molecule has 58 valence electrons. The fraction of sp³-hybridized carbons (Fsp3) is 1.00. The first-order valence-electron chi connectivity index (χ1n) is 4.19. The van der Waals surface area contributed by atoms with Gasteiger partial charge >= 0.3 is 0 Å². The molecule has 0 aromatic rings. The Kier molecular flexibility index (Phi) is 1.46. The molecule has 0 heterocycles. The van der Waals surface area contributed by atoms with E-state index in [0.717, 1.165) is 18.9 Å². The molecule has 2 fully saturated rings. The number of aliphatic hydroxyl groups is 1. The van der Waals surface area contributed by atoms with Gasteiger partial charge in [0.25, 0.3) is 0 Å². The molecule has 4 atom stereocenters. The van der Waals surface area contributed by atoms with Crippen LogP contribution in [0.2, 0.25) is 0 Å². The highest BCUT2D eigenvalue weighted by molar-refractivity contribution is 4.96. The summed E-state index contributed by atoms with van der Waals surface area (Å²) >= 11 is 0. The second-order valence-electron chi connectivity index (χ2n) is 3.80. The molecule has 0 amide bonds. The van der Waals surface area contributed by atoms with Crippen molar-refractivity contribution in [3.63, 3.8) is 0 Å². The number of rotatable bonds is 1. The number of hydrogen-bond donors (Lipinski definition) is 2. The summed E-state index contributed by atoms with van der Waals surface area (Å²) < 4.78 is 0. The predicted molar refractivity (Wildman–Crippen MR) is 39.4 cm³/mol. The Bertz CT molecular complexity index is 137. The van der Waals surface area contributed by atoms with E-state index >= 15 is 0 Å². The largest absolute Gasteiger partial charge is 0.393 e. The van der Waals surface area contributed by atoms with Crippen molar-refractivity contribution in [2.45, 2.75) is 25.4 Å². The lowest BCUT2D eigenvalue weighted by Gasteiger charge is -2.36. The minimum atomic E-state index is 0.0153. The van der Waals surface area contributed by atoms with Crippen molar-refractivity contribution in [1.82, 2.24) is 0 Å². The summed E-state index contributed by atoms with van der Waals surface area (Å²) in [4.78, 5) is 0. The summed E-state index contributed by atoms with van der Waals surface area (Å²) in [6.07, 6.45) is 3.52. The maximum Gasteiger partial charge on any atom is 0.0573 e. The lowest BCUT2D eigenvalue weighted by molar-refractivity contribution is -0.0146. The van der Waals surface area contributed by atoms with Gasteiger partial charge in [-0.2, -0.15) is 0 Å². The molecular weight excluding hydrogens is 126 g/mol. The van der Waals surface area contributed by atoms with Crippen LogP contribution in [0.1, 0.15) is 19.3 Å². The van der Waals surface area contributed by atoms with Crippen LogP contribution in [0.15, 0.2) is 0 Å². The van der Waals surface area contributed by atoms with Gasteiger partial charge in [-0.15, -0.1) is 0 Å². The fourth-order valence-electron chi connectivity index (χ4n) is 2.50. The first-order valence-corrected chi connectivity index (χ1v) is 4.19. The second-order valence-corrected chi connectivity index (χ2v) is 3.80. The van der Waals surface area contributed by atoms with Crippen molar-refractivity contribution >= 4 is 0 Å². The summed E-state index contributed by atoms with van der Waals surface area (Å²) in [6, 6.07) is 0. The zero-order valence-electron chi connectivity index (χ0n) is 6.16. The molecule has 0 saturated heterocycles. The van der Waals surface area contributed by atoms with Gasteiger partial charge < -0.3 is 10.8 Å². The van der Waals surface area contributed by atoms with Crippen LogP contribution in [0.4, 0.5) is 0 Å². The molecule has 2 nitrogen and oxygen atoms in total. The van der Waals surface area contributed by atoms with Gasteiger partial charge in [-0.05, 0) is 43.6 Å². The molecule has 0 aromatic heterocycles. The molecule has 2 rings (SSSR count). The standard InChI is InChI=1S/C8H15NO/c9-4-5-1-6-3-8(10)7(6)2-5/h5-8,10H,1-4,9H2/t5?,6-,7-,8?/m0/s1. The normalized spacial score (nSPS) is 52.2. The van der Waals surface area contributed by atoms with Crippen molar-refractivity contribution in [2.75, 3.05) is 6.54 Å². The number of fused-ring (bicyclic) bond motifs is 1. The fourth-order valence-corrected chi connectivity index (χ4v) is 2.50. The quantitative estimate of drug-likeness (QED) is 0.553. The first-order chi connectivity index (χ1) is 4.81. The maximum absolute atomic E-state index is 9.29. The van der Waals surface area contributed by atoms with Crippen LogP contribution in [-0.4, -0.2) is 17.8 Å². The van der Waals surface area contributed by atoms with Crippen LogP contribution in [0.3, 0.4) is 0 Å². The van der Waals surface area contributed by atoms with Crippen molar-refractivity contribution in [3.8, 4) is 0 Å². The summed E-state index contributed by atoms with van der Waals surface area (Å²) in [5.41, 5.74) is 5.55. The zero-order chi connectivity index (χ0) is 7.14. The molecule has 2 saturated carbocycles. The van der Waals surface area contributed by atoms with E-state index in [9.17, 15) is 5.11 Å². The van der Waals surface area contributed by atoms with Crippen LogP contribution in [-0.2, 0) is 0 Å². The summed E-state index contributed by atoms with van der Waals surface area (Å²) in [5, 5.41) is 9.29. The predicted octanol–water partition coefficient (Wildman–Crippen LogP) is 0.352. The van der Waals surface area contributed by atoms with E-state index in [1.807, 2.05) is 0 Å². The highest BCUT2D eigenvalue weighted by Crippen LogP contribution is 2.49. The van der Waals surface area contributed by atoms with E-state index in [0.29, 0.717) is 11.8 Å². The Labute approximate surface area is 61.4 Å². The minimum absolute atomic E-state index is 0.0153. The highest BCUT2D eigenvalue weighted by atomic mass is 16.3. The van der Waals surface area contributed by atoms with Gasteiger partial charge in [-0.25, -0.2) is 0 Å². The SMILES string of the molecule is NCC1C[C@H]2CC(O)[C@H]2C1. The van der Waals surface area contributed by atoms with Crippen LogP contribution < -0.4 is 5.73 Å². The molecule has 0 aliphatic heterocycles. The van der Waals surface area contributed by atoms with Crippen molar-refractivity contribution in [2.24, 2.45) is 23.5 Å². The van der Waals surface area contributed by atoms with Crippen LogP contribution in [0.5, 0.6) is 0 Å². The first kappa shape index (κ1) is 6.62. The summed E-state index contributed by atoms with van der Waals surface area (Å²) in [6.45, 7) is 0.819. The Balaban J connectivity index is 1.93. The van der Waals surface area contributed by atoms with Gasteiger partial charge in [-0.1, -0.05) is 0 Å². The molecule has 0 radical (unpaired) electrons. The molecule has 10 heavy (non-hydrogen) atoms. The highest BCUT2D eigenvalue weighted by Gasteiger charge is 2.46. The van der Waals surface area contributed by atoms with E-state index in [2.05, 4.69) is 0 Å². The maximum atomic E-state index is 9.29. The Morgan fingerprint density at radius 3 is 2.60 bits per heavy atom. The van der Waals surface area contributed by atoms with Gasteiger partial charge in [-0.3, -0.25) is 0 Å². The molecule has 0 bridgehead atoms. The lowest BCUT2D eigenvalue weighted by atomic mass is 9.74. The monoisotopic (exact) mass is 141 g/mol. The summed E-state index contributed by atoms with van der Waals surface area (Å²) in [7, 11) is 0. The van der Waals surface area contributed by atoms with Crippen molar-refractivity contribution in [3.05, 3.63) is 0 Å². The topological polar surface area (TPSA) is 46.2 Å². The lowest BCUT2D eigenvalue weighted by Crippen LogP contribution is -2.37. The third-order valence-corrected chi connectivity index (χ3v) is 3.22. The molecular formula is C8H15NO. The number of hydrogen-bond acceptors (Lipinski definition) is 2. The van der Waals surface area contributed by atoms with E-state index in [1.165, 1.54) is 12.8 Å². The number of nitrogens with two attached hydrogens (primary N) is 1. The van der Waals surface area contributed by atoms with E-state index < -0.39 is 0 Å². The molecule has 2 unspecified atom stereocenters. The van der Waals surface area contributed by atoms with E-state index in [4.69, 9.17) is 5.73 Å². The molecule has 0 aromatic carbocycles. The van der Waals surface area contributed by atoms with E-state index in [-0.39, 0.29) is 6.10 Å².